The van der Waals surface area contributed by atoms with Crippen molar-refractivity contribution in [3.63, 3.8) is 0 Å². The van der Waals surface area contributed by atoms with Gasteiger partial charge in [-0.1, -0.05) is 142 Å². The van der Waals surface area contributed by atoms with Crippen LogP contribution in [0.25, 0.3) is 22.3 Å². The summed E-state index contributed by atoms with van der Waals surface area (Å²) in [6, 6.07) is 42.8. The molecule has 5 aliphatic heterocycles. The molecular formula is C50H43AlN4. The summed E-state index contributed by atoms with van der Waals surface area (Å²) in [5.41, 5.74) is 19.7. The second-order valence-electron chi connectivity index (χ2n) is 13.8. The lowest BCUT2D eigenvalue weighted by Gasteiger charge is -2.18. The zero-order valence-electron chi connectivity index (χ0n) is 30.8. The average molecular weight is 727 g/mol. The molecule has 5 heteroatoms. The van der Waals surface area contributed by atoms with Crippen LogP contribution >= 0.6 is 0 Å². The van der Waals surface area contributed by atoms with Gasteiger partial charge in [0.25, 0.3) is 0 Å². The highest BCUT2D eigenvalue weighted by Crippen LogP contribution is 2.48. The van der Waals surface area contributed by atoms with Crippen molar-refractivity contribution < 1.29 is 0 Å². The van der Waals surface area contributed by atoms with Gasteiger partial charge in [-0.3, -0.25) is 0 Å². The van der Waals surface area contributed by atoms with E-state index in [-0.39, 0.29) is 17.4 Å². The second-order valence-corrected chi connectivity index (χ2v) is 13.8. The monoisotopic (exact) mass is 726 g/mol. The van der Waals surface area contributed by atoms with E-state index in [1.807, 2.05) is 0 Å². The van der Waals surface area contributed by atoms with Gasteiger partial charge in [0.1, 0.15) is 0 Å². The van der Waals surface area contributed by atoms with Gasteiger partial charge in [-0.2, -0.15) is 0 Å². The van der Waals surface area contributed by atoms with Crippen molar-refractivity contribution in [2.75, 3.05) is 0 Å². The van der Waals surface area contributed by atoms with E-state index in [0.717, 1.165) is 109 Å². The molecule has 4 aromatic carbocycles. The standard InChI is InChI=1S/C50H40N4.Al.3H/c1-4-32-29-39-30-37-27-28-38(51-37)31-42-44(34-21-13-8-14-22-34)45(35-23-15-9-16-24-35)50(53-42)46(36-25-17-10-18-26-36)49-43(33-19-11-7-12-20-33)40(5-2)48(54-49)41(6-3)47(32)52-39;;;;/h7-31H,4-6H2,1-3H3;;;;. The van der Waals surface area contributed by atoms with Crippen LogP contribution in [0.5, 0.6) is 0 Å². The van der Waals surface area contributed by atoms with E-state index in [9.17, 15) is 0 Å². The third-order valence-corrected chi connectivity index (χ3v) is 10.5. The van der Waals surface area contributed by atoms with E-state index in [0.29, 0.717) is 0 Å². The number of fused-ring (bicyclic) bond motifs is 4. The highest BCUT2D eigenvalue weighted by Gasteiger charge is 2.36. The summed E-state index contributed by atoms with van der Waals surface area (Å²) >= 11 is 0. The molecular weight excluding hydrogens is 684 g/mol. The fraction of sp³-hybridized carbons (Fsp3) is 0.120. The van der Waals surface area contributed by atoms with Crippen LogP contribution in [-0.4, -0.2) is 40.2 Å². The second kappa shape index (κ2) is 15.4. The van der Waals surface area contributed by atoms with Gasteiger partial charge < -0.3 is 0 Å². The molecule has 4 aromatic rings. The Morgan fingerprint density at radius 1 is 0.400 bits per heavy atom. The number of allylic oxidation sites excluding steroid dienone is 12. The van der Waals surface area contributed by atoms with Gasteiger partial charge in [0.05, 0.1) is 45.6 Å². The number of hydrogen-bond donors (Lipinski definition) is 0. The first-order valence-electron chi connectivity index (χ1n) is 19.0. The quantitative estimate of drug-likeness (QED) is 0.170. The normalized spacial score (nSPS) is 17.5. The van der Waals surface area contributed by atoms with Crippen LogP contribution < -0.4 is 0 Å². The molecule has 0 saturated heterocycles. The molecule has 8 bridgehead atoms. The highest BCUT2D eigenvalue weighted by atomic mass is 27.0. The fourth-order valence-electron chi connectivity index (χ4n) is 8.10. The van der Waals surface area contributed by atoms with Crippen molar-refractivity contribution in [2.45, 2.75) is 40.0 Å². The molecule has 0 atom stereocenters. The zero-order valence-corrected chi connectivity index (χ0v) is 30.8. The van der Waals surface area contributed by atoms with Crippen LogP contribution in [0, 0.1) is 0 Å². The first-order valence-corrected chi connectivity index (χ1v) is 19.0. The molecule has 0 aromatic heterocycles. The van der Waals surface area contributed by atoms with Crippen molar-refractivity contribution in [3.05, 3.63) is 213 Å². The van der Waals surface area contributed by atoms with E-state index >= 15 is 0 Å². The van der Waals surface area contributed by atoms with E-state index < -0.39 is 0 Å². The van der Waals surface area contributed by atoms with E-state index in [1.54, 1.807) is 0 Å². The smallest absolute Gasteiger partial charge is 0.187 e. The molecule has 55 heavy (non-hydrogen) atoms. The molecule has 5 aliphatic rings. The molecule has 0 aliphatic carbocycles. The molecule has 0 unspecified atom stereocenters. The fourth-order valence-corrected chi connectivity index (χ4v) is 8.10. The molecule has 0 amide bonds. The molecule has 266 valence electrons. The molecule has 9 rings (SSSR count). The molecule has 0 N–H and O–H groups in total. The molecule has 0 saturated carbocycles. The van der Waals surface area contributed by atoms with Crippen LogP contribution in [0.1, 0.15) is 62.3 Å². The number of benzene rings is 4. The molecule has 5 heterocycles. The number of aliphatic imine (C=N–C) groups is 4. The Labute approximate surface area is 334 Å². The maximum Gasteiger partial charge on any atom is 0.187 e. The predicted octanol–water partition coefficient (Wildman–Crippen LogP) is 10.8. The number of hydrogen-bond acceptors (Lipinski definition) is 4. The maximum atomic E-state index is 5.80. The van der Waals surface area contributed by atoms with Crippen LogP contribution in [0.2, 0.25) is 0 Å². The average Bonchev–Trinajstić information content (AvgIpc) is 4.02. The largest absolute Gasteiger partial charge is 0.249 e. The van der Waals surface area contributed by atoms with E-state index in [2.05, 4.69) is 172 Å². The van der Waals surface area contributed by atoms with Gasteiger partial charge in [0.2, 0.25) is 0 Å². The Bertz CT molecular complexity index is 2590. The Morgan fingerprint density at radius 2 is 0.945 bits per heavy atom. The Morgan fingerprint density at radius 3 is 1.51 bits per heavy atom. The van der Waals surface area contributed by atoms with Gasteiger partial charge >= 0.3 is 0 Å². The van der Waals surface area contributed by atoms with Crippen molar-refractivity contribution >= 4 is 62.5 Å². The predicted molar refractivity (Wildman–Crippen MR) is 237 cm³/mol. The van der Waals surface area contributed by atoms with Crippen molar-refractivity contribution in [3.8, 4) is 0 Å². The van der Waals surface area contributed by atoms with Crippen LogP contribution in [0.3, 0.4) is 0 Å². The van der Waals surface area contributed by atoms with Crippen molar-refractivity contribution in [1.82, 2.24) is 0 Å². The Hall–Kier alpha value is -5.99. The summed E-state index contributed by atoms with van der Waals surface area (Å²) in [5.74, 6) is 0. The molecule has 0 spiro atoms. The van der Waals surface area contributed by atoms with Gasteiger partial charge in [-0.15, -0.1) is 0 Å². The van der Waals surface area contributed by atoms with Crippen LogP contribution in [0.15, 0.2) is 211 Å². The summed E-state index contributed by atoms with van der Waals surface area (Å²) < 4.78 is 0. The summed E-state index contributed by atoms with van der Waals surface area (Å²) in [6.07, 6.45) is 13.1. The number of nitrogens with zero attached hydrogens (tertiary/aromatic N) is 4. The summed E-state index contributed by atoms with van der Waals surface area (Å²) in [7, 11) is 0. The summed E-state index contributed by atoms with van der Waals surface area (Å²) in [4.78, 5) is 21.9. The maximum absolute atomic E-state index is 5.80. The summed E-state index contributed by atoms with van der Waals surface area (Å²) in [5, 5.41) is 0. The molecule has 4 nitrogen and oxygen atoms in total. The Kier molecular flexibility index (Phi) is 10.1. The van der Waals surface area contributed by atoms with Crippen molar-refractivity contribution in [2.24, 2.45) is 20.0 Å². The lowest BCUT2D eigenvalue weighted by atomic mass is 9.84. The lowest BCUT2D eigenvalue weighted by Crippen LogP contribution is -2.07. The van der Waals surface area contributed by atoms with Crippen molar-refractivity contribution in [1.29, 1.82) is 0 Å². The third-order valence-electron chi connectivity index (χ3n) is 10.5. The van der Waals surface area contributed by atoms with Gasteiger partial charge in [-0.25, -0.2) is 20.0 Å². The number of rotatable bonds is 7. The summed E-state index contributed by atoms with van der Waals surface area (Å²) in [6.45, 7) is 6.69. The minimum absolute atomic E-state index is 0. The van der Waals surface area contributed by atoms with Gasteiger partial charge in [0.15, 0.2) is 17.4 Å². The first-order chi connectivity index (χ1) is 26.6. The van der Waals surface area contributed by atoms with Gasteiger partial charge in [-0.05, 0) is 83.0 Å². The molecule has 0 fully saturated rings. The lowest BCUT2D eigenvalue weighted by molar-refractivity contribution is 1.05. The first kappa shape index (κ1) is 36.0. The highest BCUT2D eigenvalue weighted by molar-refractivity contribution is 6.52. The Balaban J connectivity index is 0.00000427. The topological polar surface area (TPSA) is 49.4 Å². The van der Waals surface area contributed by atoms with E-state index in [1.165, 1.54) is 16.7 Å². The molecule has 0 radical (unpaired) electrons. The van der Waals surface area contributed by atoms with Crippen LogP contribution in [0.4, 0.5) is 0 Å². The minimum Gasteiger partial charge on any atom is -0.249 e. The van der Waals surface area contributed by atoms with E-state index in [4.69, 9.17) is 20.0 Å². The third kappa shape index (κ3) is 6.50. The minimum atomic E-state index is 0. The SMILES string of the molecule is CCC1=CC2=NC1=C(CC)C1=NC(=C(c3ccccc3)C3=NC(=CC4=NC(=C2)C=C4)C(c2ccccc2)=C3c2ccccc2)C(c2ccccc2)=C1CC.[AlH3]. The van der Waals surface area contributed by atoms with Crippen LogP contribution in [-0.2, 0) is 0 Å². The zero-order chi connectivity index (χ0) is 36.6. The van der Waals surface area contributed by atoms with Gasteiger partial charge in [0, 0.05) is 27.9 Å².